The van der Waals surface area contributed by atoms with Crippen LogP contribution in [0.5, 0.6) is 17.2 Å². The largest absolute Gasteiger partial charge is 0.461 e. The minimum atomic E-state index is -0.617. The molecule has 0 fully saturated rings. The zero-order valence-corrected chi connectivity index (χ0v) is 28.7. The van der Waals surface area contributed by atoms with Gasteiger partial charge < -0.3 is 14.0 Å². The summed E-state index contributed by atoms with van der Waals surface area (Å²) in [6.45, 7) is 0. The molecule has 2 aliphatic carbocycles. The van der Waals surface area contributed by atoms with Crippen molar-refractivity contribution < 1.29 is 9.47 Å². The first kappa shape index (κ1) is 29.4. The summed E-state index contributed by atoms with van der Waals surface area (Å²) in [5, 5.41) is 2.45. The molecule has 0 saturated heterocycles. The molecule has 6 aromatic carbocycles. The van der Waals surface area contributed by atoms with E-state index in [0.717, 1.165) is 82.2 Å². The Bertz CT molecular complexity index is 2740. The fourth-order valence-corrected chi connectivity index (χ4v) is 9.27. The Kier molecular flexibility index (Phi) is 6.42. The Morgan fingerprint density at radius 1 is 0.558 bits per heavy atom. The molecule has 0 amide bonds. The average molecular weight is 670 g/mol. The molecule has 0 N–H and O–H groups in total. The molecular weight excluding hydrogens is 635 g/mol. The van der Waals surface area contributed by atoms with Crippen LogP contribution in [-0.4, -0.2) is 4.57 Å². The topological polar surface area (TPSA) is 23.4 Å². The molecule has 1 unspecified atom stereocenters. The third-order valence-corrected chi connectivity index (χ3v) is 11.5. The molecule has 248 valence electrons. The van der Waals surface area contributed by atoms with Crippen LogP contribution in [0.1, 0.15) is 42.4 Å². The highest BCUT2D eigenvalue weighted by atomic mass is 16.5. The van der Waals surface area contributed by atoms with E-state index in [1.165, 1.54) is 38.5 Å². The summed E-state index contributed by atoms with van der Waals surface area (Å²) in [5.41, 5.74) is 12.6. The predicted molar refractivity (Wildman–Crippen MR) is 210 cm³/mol. The fourth-order valence-electron chi connectivity index (χ4n) is 9.27. The number of rotatable bonds is 3. The Morgan fingerprint density at radius 2 is 1.29 bits per heavy atom. The van der Waals surface area contributed by atoms with Crippen molar-refractivity contribution in [2.45, 2.75) is 31.1 Å². The molecule has 2 aliphatic heterocycles. The summed E-state index contributed by atoms with van der Waals surface area (Å²) in [6, 6.07) is 50.2. The molecule has 11 rings (SSSR count). The fraction of sp³-hybridized carbons (Fsp3) is 0.102. The molecule has 3 heterocycles. The van der Waals surface area contributed by atoms with E-state index in [2.05, 4.69) is 168 Å². The van der Waals surface area contributed by atoms with Crippen LogP contribution in [0.2, 0.25) is 0 Å². The van der Waals surface area contributed by atoms with E-state index in [4.69, 9.17) is 9.47 Å². The Morgan fingerprint density at radius 3 is 2.12 bits per heavy atom. The van der Waals surface area contributed by atoms with Gasteiger partial charge in [0.25, 0.3) is 0 Å². The van der Waals surface area contributed by atoms with Gasteiger partial charge in [0, 0.05) is 50.7 Å². The lowest BCUT2D eigenvalue weighted by Crippen LogP contribution is -2.39. The lowest BCUT2D eigenvalue weighted by molar-refractivity contribution is 0.349. The predicted octanol–water partition coefficient (Wildman–Crippen LogP) is 12.5. The number of hydrogen-bond donors (Lipinski definition) is 0. The monoisotopic (exact) mass is 669 g/mol. The first-order chi connectivity index (χ1) is 25.8. The second-order valence-electron chi connectivity index (χ2n) is 14.2. The van der Waals surface area contributed by atoms with Crippen LogP contribution in [0.4, 0.5) is 0 Å². The first-order valence-corrected chi connectivity index (χ1v) is 18.4. The summed E-state index contributed by atoms with van der Waals surface area (Å²) in [4.78, 5) is 0. The highest BCUT2D eigenvalue weighted by Gasteiger charge is 2.52. The van der Waals surface area contributed by atoms with E-state index in [-0.39, 0.29) is 0 Å². The first-order valence-electron chi connectivity index (χ1n) is 18.4. The van der Waals surface area contributed by atoms with Gasteiger partial charge in [-0.15, -0.1) is 0 Å². The Hall–Kier alpha value is -6.32. The lowest BCUT2D eigenvalue weighted by Gasteiger charge is -2.47. The molecule has 0 radical (unpaired) electrons. The van der Waals surface area contributed by atoms with E-state index in [0.29, 0.717) is 0 Å². The summed E-state index contributed by atoms with van der Waals surface area (Å²) in [7, 11) is 0. The maximum atomic E-state index is 7.09. The van der Waals surface area contributed by atoms with Gasteiger partial charge in [0.1, 0.15) is 23.0 Å². The van der Waals surface area contributed by atoms with Crippen LogP contribution in [-0.2, 0) is 5.41 Å². The van der Waals surface area contributed by atoms with Crippen LogP contribution in [0.15, 0.2) is 186 Å². The van der Waals surface area contributed by atoms with Crippen molar-refractivity contribution in [3.05, 3.63) is 203 Å². The van der Waals surface area contributed by atoms with Crippen molar-refractivity contribution in [2.24, 2.45) is 0 Å². The van der Waals surface area contributed by atoms with Crippen molar-refractivity contribution in [1.82, 2.24) is 4.57 Å². The number of hydrogen-bond acceptors (Lipinski definition) is 2. The quantitative estimate of drug-likeness (QED) is 0.187. The number of aromatic nitrogens is 1. The van der Waals surface area contributed by atoms with Crippen molar-refractivity contribution >= 4 is 21.8 Å². The van der Waals surface area contributed by atoms with Gasteiger partial charge in [-0.05, 0) is 78.4 Å². The lowest BCUT2D eigenvalue weighted by atomic mass is 9.60. The van der Waals surface area contributed by atoms with Crippen molar-refractivity contribution in [2.75, 3.05) is 0 Å². The maximum absolute atomic E-state index is 7.09. The van der Waals surface area contributed by atoms with Crippen LogP contribution >= 0.6 is 0 Å². The second kappa shape index (κ2) is 11.3. The van der Waals surface area contributed by atoms with Gasteiger partial charge in [-0.3, -0.25) is 0 Å². The number of nitrogens with zero attached hydrogens (tertiary/aromatic N) is 1. The molecule has 52 heavy (non-hydrogen) atoms. The molecule has 1 aromatic heterocycles. The van der Waals surface area contributed by atoms with Gasteiger partial charge in [-0.25, -0.2) is 0 Å². The van der Waals surface area contributed by atoms with Gasteiger partial charge in [0.05, 0.1) is 16.4 Å². The van der Waals surface area contributed by atoms with E-state index >= 15 is 0 Å². The third kappa shape index (κ3) is 4.14. The summed E-state index contributed by atoms with van der Waals surface area (Å²) in [6.07, 6.45) is 13.2. The van der Waals surface area contributed by atoms with Crippen molar-refractivity contribution in [3.8, 4) is 34.1 Å². The molecule has 4 aliphatic rings. The molecule has 3 nitrogen and oxygen atoms in total. The summed E-state index contributed by atoms with van der Waals surface area (Å²) >= 11 is 0. The van der Waals surface area contributed by atoms with Gasteiger partial charge in [0.2, 0.25) is 0 Å². The van der Waals surface area contributed by atoms with Crippen molar-refractivity contribution in [3.63, 3.8) is 0 Å². The SMILES string of the molecule is C1=CCCC(C2=CC3=C(CC2)Oc2ccccc2C32c3ccccc3Oc3c(-c4ccc5c(c4)c4ccccc4n5-c4ccccc4)cccc32)=C1. The molecule has 1 atom stereocenters. The molecular formula is C49H35NO2. The molecule has 1 spiro atoms. The van der Waals surface area contributed by atoms with Gasteiger partial charge in [-0.2, -0.15) is 0 Å². The van der Waals surface area contributed by atoms with Crippen molar-refractivity contribution in [1.29, 1.82) is 0 Å². The van der Waals surface area contributed by atoms with Crippen LogP contribution in [0.3, 0.4) is 0 Å². The standard InChI is InChI=1S/C49H35NO2/c1-3-14-32(15-4-1)33-27-29-47-42(31-33)49(39-20-8-11-24-45(39)51-47)40-21-9-12-25-46(40)52-48-36(19-13-22-41(48)49)34-26-28-44-38(30-34)37-18-7-10-23-43(37)50(44)35-16-5-2-6-17-35/h1-3,5-14,16-26,28,30-31H,4,15,27,29H2. The van der Waals surface area contributed by atoms with Crippen LogP contribution < -0.4 is 9.47 Å². The Balaban J connectivity index is 1.18. The number of allylic oxidation sites excluding steroid dienone is 8. The van der Waals surface area contributed by atoms with Crippen LogP contribution in [0, 0.1) is 0 Å². The highest BCUT2D eigenvalue weighted by Crippen LogP contribution is 2.62. The molecule has 3 heteroatoms. The normalized spacial score (nSPS) is 18.5. The summed E-state index contributed by atoms with van der Waals surface area (Å²) < 4.78 is 16.3. The zero-order chi connectivity index (χ0) is 34.2. The average Bonchev–Trinajstić information content (AvgIpc) is 3.55. The van der Waals surface area contributed by atoms with Crippen LogP contribution in [0.25, 0.3) is 38.6 Å². The molecule has 0 saturated carbocycles. The minimum Gasteiger partial charge on any atom is -0.461 e. The minimum absolute atomic E-state index is 0.617. The number of fused-ring (bicyclic) bond motifs is 10. The number of benzene rings is 6. The third-order valence-electron chi connectivity index (χ3n) is 11.5. The number of para-hydroxylation sites is 5. The smallest absolute Gasteiger partial charge is 0.140 e. The van der Waals surface area contributed by atoms with Gasteiger partial charge >= 0.3 is 0 Å². The molecule has 0 bridgehead atoms. The maximum Gasteiger partial charge on any atom is 0.140 e. The zero-order valence-electron chi connectivity index (χ0n) is 28.7. The Labute approximate surface area is 303 Å². The van der Waals surface area contributed by atoms with E-state index < -0.39 is 5.41 Å². The summed E-state index contributed by atoms with van der Waals surface area (Å²) in [5.74, 6) is 3.75. The van der Waals surface area contributed by atoms with E-state index in [1.54, 1.807) is 0 Å². The van der Waals surface area contributed by atoms with Gasteiger partial charge in [-0.1, -0.05) is 121 Å². The van der Waals surface area contributed by atoms with Gasteiger partial charge in [0.15, 0.2) is 0 Å². The number of ether oxygens (including phenoxy) is 2. The van der Waals surface area contributed by atoms with E-state index in [1.807, 2.05) is 0 Å². The second-order valence-corrected chi connectivity index (χ2v) is 14.2. The molecule has 7 aromatic rings. The van der Waals surface area contributed by atoms with E-state index in [9.17, 15) is 0 Å². The highest BCUT2D eigenvalue weighted by molar-refractivity contribution is 6.10.